The number of aryl methyl sites for hydroxylation is 1. The lowest BCUT2D eigenvalue weighted by atomic mass is 10.2. The van der Waals surface area contributed by atoms with E-state index < -0.39 is 17.3 Å². The second-order valence-electron chi connectivity index (χ2n) is 8.11. The average Bonchev–Trinajstić information content (AvgIpc) is 3.38. The molecule has 166 valence electrons. The van der Waals surface area contributed by atoms with E-state index >= 15 is 0 Å². The lowest BCUT2D eigenvalue weighted by Crippen LogP contribution is -2.52. The molecule has 5 rings (SSSR count). The van der Waals surface area contributed by atoms with E-state index in [-0.39, 0.29) is 23.8 Å². The summed E-state index contributed by atoms with van der Waals surface area (Å²) < 4.78 is 2.39. The molecule has 2 aliphatic rings. The monoisotopic (exact) mass is 437 g/mol. The Morgan fingerprint density at radius 3 is 2.31 bits per heavy atom. The van der Waals surface area contributed by atoms with Crippen molar-refractivity contribution in [2.24, 2.45) is 14.1 Å². The molecule has 11 heteroatoms. The number of amides is 2. The quantitative estimate of drug-likeness (QED) is 0.545. The van der Waals surface area contributed by atoms with Crippen molar-refractivity contribution in [3.8, 4) is 0 Å². The van der Waals surface area contributed by atoms with Crippen LogP contribution in [0.1, 0.15) is 6.42 Å². The number of imidazole rings is 1. The van der Waals surface area contributed by atoms with Gasteiger partial charge in [-0.2, -0.15) is 4.98 Å². The van der Waals surface area contributed by atoms with Gasteiger partial charge in [0.05, 0.1) is 18.2 Å². The summed E-state index contributed by atoms with van der Waals surface area (Å²) in [6, 6.07) is 8.49. The zero-order valence-corrected chi connectivity index (χ0v) is 17.8. The molecule has 1 N–H and O–H groups in total. The minimum Gasteiger partial charge on any atom is -0.340 e. The lowest BCUT2D eigenvalue weighted by molar-refractivity contribution is -0.123. The fourth-order valence-corrected chi connectivity index (χ4v) is 4.46. The highest BCUT2D eigenvalue weighted by atomic mass is 16.2. The Bertz CT molecular complexity index is 1330. The maximum absolute atomic E-state index is 13.0. The number of rotatable bonds is 3. The summed E-state index contributed by atoms with van der Waals surface area (Å²) in [5.74, 6) is 0.122. The van der Waals surface area contributed by atoms with E-state index in [9.17, 15) is 19.2 Å². The van der Waals surface area contributed by atoms with Crippen molar-refractivity contribution in [2.75, 3.05) is 36.0 Å². The van der Waals surface area contributed by atoms with Crippen molar-refractivity contribution in [3.63, 3.8) is 0 Å². The first-order valence-electron chi connectivity index (χ1n) is 10.4. The highest BCUT2D eigenvalue weighted by Gasteiger charge is 2.43. The van der Waals surface area contributed by atoms with Crippen molar-refractivity contribution in [3.05, 3.63) is 51.2 Å². The molecule has 1 aromatic carbocycles. The summed E-state index contributed by atoms with van der Waals surface area (Å²) >= 11 is 0. The molecule has 3 aromatic rings. The SMILES string of the molecule is Cn1c(=O)c2[nH]c(N3CCN(C4CC(=O)N(c5ccccc5)C4=O)CC3)nc2n(C)c1=O. The van der Waals surface area contributed by atoms with Crippen molar-refractivity contribution >= 4 is 34.6 Å². The van der Waals surface area contributed by atoms with Crippen LogP contribution in [0.15, 0.2) is 39.9 Å². The van der Waals surface area contributed by atoms with Crippen LogP contribution < -0.4 is 21.0 Å². The third-order valence-electron chi connectivity index (χ3n) is 6.27. The molecule has 2 aliphatic heterocycles. The van der Waals surface area contributed by atoms with Crippen LogP contribution >= 0.6 is 0 Å². The standard InChI is InChI=1S/C21H23N7O4/c1-24-17-16(19(31)25(2)21(24)32)22-20(23-17)27-10-8-26(9-11-27)14-12-15(29)28(18(14)30)13-6-4-3-5-7-13/h3-7,14H,8-12H2,1-2H3,(H,22,23). The maximum Gasteiger partial charge on any atom is 0.332 e. The molecular weight excluding hydrogens is 414 g/mol. The van der Waals surface area contributed by atoms with Crippen LogP contribution in [-0.2, 0) is 23.7 Å². The number of aromatic amines is 1. The lowest BCUT2D eigenvalue weighted by Gasteiger charge is -2.36. The molecule has 1 atom stereocenters. The van der Waals surface area contributed by atoms with Crippen molar-refractivity contribution in [1.29, 1.82) is 0 Å². The van der Waals surface area contributed by atoms with Gasteiger partial charge in [0.1, 0.15) is 0 Å². The predicted molar refractivity (Wildman–Crippen MR) is 118 cm³/mol. The summed E-state index contributed by atoms with van der Waals surface area (Å²) in [4.78, 5) is 62.9. The number of nitrogens with zero attached hydrogens (tertiary/aromatic N) is 6. The fourth-order valence-electron chi connectivity index (χ4n) is 4.46. The van der Waals surface area contributed by atoms with Gasteiger partial charge in [0.15, 0.2) is 11.2 Å². The zero-order chi connectivity index (χ0) is 22.6. The molecule has 2 amide bonds. The minimum absolute atomic E-state index is 0.163. The molecular formula is C21H23N7O4. The second kappa shape index (κ2) is 7.45. The smallest absolute Gasteiger partial charge is 0.332 e. The first-order chi connectivity index (χ1) is 15.4. The third kappa shape index (κ3) is 3.04. The molecule has 0 radical (unpaired) electrons. The highest BCUT2D eigenvalue weighted by Crippen LogP contribution is 2.26. The molecule has 0 aliphatic carbocycles. The van der Waals surface area contributed by atoms with Gasteiger partial charge < -0.3 is 9.88 Å². The third-order valence-corrected chi connectivity index (χ3v) is 6.27. The van der Waals surface area contributed by atoms with Crippen molar-refractivity contribution < 1.29 is 9.59 Å². The van der Waals surface area contributed by atoms with E-state index in [0.717, 1.165) is 4.57 Å². The topological polar surface area (TPSA) is 117 Å². The van der Waals surface area contributed by atoms with E-state index in [1.807, 2.05) is 15.9 Å². The molecule has 0 spiro atoms. The first-order valence-corrected chi connectivity index (χ1v) is 10.4. The predicted octanol–water partition coefficient (Wildman–Crippen LogP) is -0.586. The first kappa shape index (κ1) is 20.2. The number of anilines is 2. The average molecular weight is 437 g/mol. The van der Waals surface area contributed by atoms with Gasteiger partial charge in [-0.1, -0.05) is 18.2 Å². The van der Waals surface area contributed by atoms with Gasteiger partial charge in [0.25, 0.3) is 11.5 Å². The molecule has 32 heavy (non-hydrogen) atoms. The van der Waals surface area contributed by atoms with Crippen LogP contribution in [0.25, 0.3) is 11.2 Å². The molecule has 2 aromatic heterocycles. The number of benzene rings is 1. The summed E-state index contributed by atoms with van der Waals surface area (Å²) in [6.45, 7) is 2.27. The van der Waals surface area contributed by atoms with Gasteiger partial charge in [-0.3, -0.25) is 28.4 Å². The molecule has 4 heterocycles. The summed E-state index contributed by atoms with van der Waals surface area (Å²) in [6.07, 6.45) is 0.163. The molecule has 0 bridgehead atoms. The van der Waals surface area contributed by atoms with E-state index in [1.165, 1.54) is 16.5 Å². The van der Waals surface area contributed by atoms with Crippen LogP contribution in [0, 0.1) is 0 Å². The van der Waals surface area contributed by atoms with E-state index in [2.05, 4.69) is 9.97 Å². The number of nitrogens with one attached hydrogen (secondary N) is 1. The fraction of sp³-hybridized carbons (Fsp3) is 0.381. The summed E-state index contributed by atoms with van der Waals surface area (Å²) in [5.41, 5.74) is 0.333. The number of hydrogen-bond donors (Lipinski definition) is 1. The summed E-state index contributed by atoms with van der Waals surface area (Å²) in [7, 11) is 3.01. The number of piperazine rings is 1. The van der Waals surface area contributed by atoms with Crippen LogP contribution in [0.5, 0.6) is 0 Å². The zero-order valence-electron chi connectivity index (χ0n) is 17.8. The van der Waals surface area contributed by atoms with E-state index in [0.29, 0.717) is 43.5 Å². The minimum atomic E-state index is -0.478. The number of fused-ring (bicyclic) bond motifs is 1. The second-order valence-corrected chi connectivity index (χ2v) is 8.11. The van der Waals surface area contributed by atoms with Gasteiger partial charge in [0, 0.05) is 40.3 Å². The van der Waals surface area contributed by atoms with E-state index in [1.54, 1.807) is 31.3 Å². The Hall–Kier alpha value is -3.73. The van der Waals surface area contributed by atoms with Gasteiger partial charge in [-0.25, -0.2) is 9.69 Å². The van der Waals surface area contributed by atoms with Crippen LogP contribution in [-0.4, -0.2) is 68.0 Å². The van der Waals surface area contributed by atoms with E-state index in [4.69, 9.17) is 0 Å². The maximum atomic E-state index is 13.0. The van der Waals surface area contributed by atoms with Crippen LogP contribution in [0.4, 0.5) is 11.6 Å². The number of imide groups is 1. The van der Waals surface area contributed by atoms with Gasteiger partial charge in [-0.05, 0) is 12.1 Å². The van der Waals surface area contributed by atoms with Crippen molar-refractivity contribution in [2.45, 2.75) is 12.5 Å². The van der Waals surface area contributed by atoms with Gasteiger partial charge >= 0.3 is 5.69 Å². The van der Waals surface area contributed by atoms with Crippen LogP contribution in [0.3, 0.4) is 0 Å². The Kier molecular flexibility index (Phi) is 4.70. The van der Waals surface area contributed by atoms with Crippen molar-refractivity contribution in [1.82, 2.24) is 24.0 Å². The van der Waals surface area contributed by atoms with Gasteiger partial charge in [0.2, 0.25) is 11.9 Å². The number of para-hydroxylation sites is 1. The Morgan fingerprint density at radius 1 is 0.938 bits per heavy atom. The number of carbonyl (C=O) groups excluding carboxylic acids is 2. The Labute approximate surface area is 182 Å². The number of hydrogen-bond acceptors (Lipinski definition) is 7. The normalized spacial score (nSPS) is 20.0. The molecule has 2 saturated heterocycles. The molecule has 11 nitrogen and oxygen atoms in total. The molecule has 2 fully saturated rings. The number of carbonyl (C=O) groups is 2. The summed E-state index contributed by atoms with van der Waals surface area (Å²) in [5, 5.41) is 0. The van der Waals surface area contributed by atoms with Gasteiger partial charge in [-0.15, -0.1) is 0 Å². The van der Waals surface area contributed by atoms with Crippen LogP contribution in [0.2, 0.25) is 0 Å². The Balaban J connectivity index is 1.33. The Morgan fingerprint density at radius 2 is 1.62 bits per heavy atom. The largest absolute Gasteiger partial charge is 0.340 e. The molecule has 0 saturated carbocycles. The molecule has 1 unspecified atom stereocenters. The number of aromatic nitrogens is 4. The number of H-pyrrole nitrogens is 1. The highest BCUT2D eigenvalue weighted by molar-refractivity contribution is 6.22.